The van der Waals surface area contributed by atoms with E-state index in [4.69, 9.17) is 11.6 Å². The van der Waals surface area contributed by atoms with E-state index >= 15 is 0 Å². The van der Waals surface area contributed by atoms with Crippen molar-refractivity contribution in [1.82, 2.24) is 19.2 Å². The van der Waals surface area contributed by atoms with Gasteiger partial charge < -0.3 is 9.47 Å². The predicted molar refractivity (Wildman–Crippen MR) is 92.4 cm³/mol. The molecule has 0 unspecified atom stereocenters. The third-order valence-electron chi connectivity index (χ3n) is 4.83. The van der Waals surface area contributed by atoms with Gasteiger partial charge in [-0.3, -0.25) is 14.3 Å². The van der Waals surface area contributed by atoms with Crippen molar-refractivity contribution >= 4 is 17.5 Å². The maximum atomic E-state index is 13.0. The Hall–Kier alpha value is -2.08. The maximum Gasteiger partial charge on any atom is 0.263 e. The standard InChI is InChI=1S/C17H21ClN4O2/c1-10-7-8-12(16(23)20(10)3)17(24)22-9-5-6-13(22)14-11(2)19-21(4)15(14)18/h7-8,13H,5-6,9H2,1-4H3/t13-/m1/s1. The molecule has 24 heavy (non-hydrogen) atoms. The van der Waals surface area contributed by atoms with Crippen LogP contribution in [0.15, 0.2) is 16.9 Å². The quantitative estimate of drug-likeness (QED) is 0.837. The van der Waals surface area contributed by atoms with Crippen molar-refractivity contribution in [3.8, 4) is 0 Å². The summed E-state index contributed by atoms with van der Waals surface area (Å²) in [5.41, 5.74) is 2.46. The molecule has 1 atom stereocenters. The van der Waals surface area contributed by atoms with E-state index in [9.17, 15) is 9.59 Å². The van der Waals surface area contributed by atoms with Crippen LogP contribution < -0.4 is 5.56 Å². The van der Waals surface area contributed by atoms with Crippen LogP contribution in [0.3, 0.4) is 0 Å². The molecule has 1 aliphatic heterocycles. The second kappa shape index (κ2) is 6.09. The minimum Gasteiger partial charge on any atom is -0.331 e. The lowest BCUT2D eigenvalue weighted by atomic mass is 10.0. The van der Waals surface area contributed by atoms with Crippen molar-refractivity contribution in [3.05, 3.63) is 50.2 Å². The summed E-state index contributed by atoms with van der Waals surface area (Å²) in [5, 5.41) is 4.90. The molecular weight excluding hydrogens is 328 g/mol. The molecule has 6 nitrogen and oxygen atoms in total. The van der Waals surface area contributed by atoms with Crippen molar-refractivity contribution < 1.29 is 4.79 Å². The molecule has 128 valence electrons. The topological polar surface area (TPSA) is 60.1 Å². The predicted octanol–water partition coefficient (Wildman–Crippen LogP) is 2.37. The minimum absolute atomic E-state index is 0.135. The van der Waals surface area contributed by atoms with E-state index in [1.165, 1.54) is 4.57 Å². The van der Waals surface area contributed by atoms with Gasteiger partial charge in [-0.25, -0.2) is 0 Å². The van der Waals surface area contributed by atoms with Gasteiger partial charge in [-0.05, 0) is 38.8 Å². The van der Waals surface area contributed by atoms with Gasteiger partial charge in [0.2, 0.25) is 0 Å². The van der Waals surface area contributed by atoms with E-state index in [1.807, 2.05) is 13.8 Å². The Labute approximate surface area is 145 Å². The molecule has 1 saturated heterocycles. The first kappa shape index (κ1) is 16.8. The first-order chi connectivity index (χ1) is 11.3. The van der Waals surface area contributed by atoms with Crippen LogP contribution in [-0.2, 0) is 14.1 Å². The SMILES string of the molecule is Cc1nn(C)c(Cl)c1[C@H]1CCCN1C(=O)c1ccc(C)n(C)c1=O. The number of aryl methyl sites for hydroxylation is 3. The number of halogens is 1. The van der Waals surface area contributed by atoms with Crippen LogP contribution in [0.25, 0.3) is 0 Å². The zero-order valence-electron chi connectivity index (χ0n) is 14.3. The average molecular weight is 349 g/mol. The van der Waals surface area contributed by atoms with Gasteiger partial charge in [0.05, 0.1) is 11.7 Å². The van der Waals surface area contributed by atoms with E-state index in [-0.39, 0.29) is 23.1 Å². The number of pyridine rings is 1. The van der Waals surface area contributed by atoms with Gasteiger partial charge in [-0.15, -0.1) is 0 Å². The molecule has 0 spiro atoms. The number of hydrogen-bond acceptors (Lipinski definition) is 3. The highest BCUT2D eigenvalue weighted by Gasteiger charge is 2.35. The summed E-state index contributed by atoms with van der Waals surface area (Å²) < 4.78 is 3.12. The van der Waals surface area contributed by atoms with Crippen molar-refractivity contribution in [2.45, 2.75) is 32.7 Å². The van der Waals surface area contributed by atoms with Gasteiger partial charge in [0, 0.05) is 31.9 Å². The van der Waals surface area contributed by atoms with Crippen molar-refractivity contribution in [3.63, 3.8) is 0 Å². The van der Waals surface area contributed by atoms with Gasteiger partial charge in [-0.1, -0.05) is 11.6 Å². The summed E-state index contributed by atoms with van der Waals surface area (Å²) in [6.07, 6.45) is 1.71. The third-order valence-corrected chi connectivity index (χ3v) is 5.28. The van der Waals surface area contributed by atoms with E-state index < -0.39 is 0 Å². The molecule has 0 N–H and O–H groups in total. The normalized spacial score (nSPS) is 17.5. The van der Waals surface area contributed by atoms with Gasteiger partial charge in [-0.2, -0.15) is 5.10 Å². The zero-order chi connectivity index (χ0) is 17.6. The molecule has 0 aliphatic carbocycles. The average Bonchev–Trinajstić information content (AvgIpc) is 3.10. The van der Waals surface area contributed by atoms with Crippen molar-refractivity contribution in [2.24, 2.45) is 14.1 Å². The summed E-state index contributed by atoms with van der Waals surface area (Å²) >= 11 is 6.38. The van der Waals surface area contributed by atoms with Crippen molar-refractivity contribution in [2.75, 3.05) is 6.54 Å². The van der Waals surface area contributed by atoms with Crippen LogP contribution in [0.5, 0.6) is 0 Å². The van der Waals surface area contributed by atoms with Crippen LogP contribution in [0.2, 0.25) is 5.15 Å². The summed E-state index contributed by atoms with van der Waals surface area (Å²) in [6.45, 7) is 4.35. The molecule has 7 heteroatoms. The maximum absolute atomic E-state index is 13.0. The van der Waals surface area contributed by atoms with Gasteiger partial charge >= 0.3 is 0 Å². The van der Waals surface area contributed by atoms with Crippen LogP contribution in [-0.4, -0.2) is 31.7 Å². The second-order valence-corrected chi connectivity index (χ2v) is 6.68. The number of rotatable bonds is 2. The van der Waals surface area contributed by atoms with E-state index in [0.717, 1.165) is 29.8 Å². The van der Waals surface area contributed by atoms with E-state index in [2.05, 4.69) is 5.10 Å². The van der Waals surface area contributed by atoms with Gasteiger partial charge in [0.1, 0.15) is 10.7 Å². The number of carbonyl (C=O) groups is 1. The Morgan fingerprint density at radius 2 is 2.00 bits per heavy atom. The third kappa shape index (κ3) is 2.55. The number of amides is 1. The second-order valence-electron chi connectivity index (χ2n) is 6.32. The summed E-state index contributed by atoms with van der Waals surface area (Å²) in [6, 6.07) is 3.28. The molecule has 0 aromatic carbocycles. The zero-order valence-corrected chi connectivity index (χ0v) is 15.1. The minimum atomic E-state index is -0.264. The van der Waals surface area contributed by atoms with Crippen molar-refractivity contribution in [1.29, 1.82) is 0 Å². The van der Waals surface area contributed by atoms with Crippen LogP contribution in [0, 0.1) is 13.8 Å². The highest BCUT2D eigenvalue weighted by molar-refractivity contribution is 6.30. The molecule has 1 fully saturated rings. The van der Waals surface area contributed by atoms with E-state index in [0.29, 0.717) is 11.7 Å². The number of nitrogens with zero attached hydrogens (tertiary/aromatic N) is 4. The lowest BCUT2D eigenvalue weighted by Crippen LogP contribution is -2.36. The largest absolute Gasteiger partial charge is 0.331 e. The molecule has 0 radical (unpaired) electrons. The number of aromatic nitrogens is 3. The Bertz CT molecular complexity index is 868. The Kier molecular flexibility index (Phi) is 4.25. The number of likely N-dealkylation sites (tertiary alicyclic amines) is 1. The molecule has 0 bridgehead atoms. The fraction of sp³-hybridized carbons (Fsp3) is 0.471. The molecule has 3 rings (SSSR count). The Morgan fingerprint density at radius 3 is 2.62 bits per heavy atom. The number of hydrogen-bond donors (Lipinski definition) is 0. The first-order valence-corrected chi connectivity index (χ1v) is 8.37. The highest BCUT2D eigenvalue weighted by atomic mass is 35.5. The lowest BCUT2D eigenvalue weighted by molar-refractivity contribution is 0.0733. The monoisotopic (exact) mass is 348 g/mol. The first-order valence-electron chi connectivity index (χ1n) is 7.99. The molecule has 2 aromatic heterocycles. The smallest absolute Gasteiger partial charge is 0.263 e. The van der Waals surface area contributed by atoms with Crippen LogP contribution in [0.4, 0.5) is 0 Å². The summed E-state index contributed by atoms with van der Waals surface area (Å²) in [7, 11) is 3.47. The number of carbonyl (C=O) groups excluding carboxylic acids is 1. The molecule has 1 amide bonds. The van der Waals surface area contributed by atoms with Crippen LogP contribution in [0.1, 0.15) is 46.2 Å². The molecule has 1 aliphatic rings. The Balaban J connectivity index is 2.01. The fourth-order valence-electron chi connectivity index (χ4n) is 3.38. The Morgan fingerprint density at radius 1 is 1.29 bits per heavy atom. The molecule has 3 heterocycles. The molecular formula is C17H21ClN4O2. The summed E-state index contributed by atoms with van der Waals surface area (Å²) in [5.74, 6) is -0.239. The summed E-state index contributed by atoms with van der Waals surface area (Å²) in [4.78, 5) is 27.2. The molecule has 2 aromatic rings. The molecule has 0 saturated carbocycles. The highest BCUT2D eigenvalue weighted by Crippen LogP contribution is 2.38. The van der Waals surface area contributed by atoms with Gasteiger partial charge in [0.25, 0.3) is 11.5 Å². The fourth-order valence-corrected chi connectivity index (χ4v) is 3.68. The van der Waals surface area contributed by atoms with E-state index in [1.54, 1.807) is 35.8 Å². The van der Waals surface area contributed by atoms with Gasteiger partial charge in [0.15, 0.2) is 0 Å². The van der Waals surface area contributed by atoms with Crippen LogP contribution >= 0.6 is 11.6 Å². The lowest BCUT2D eigenvalue weighted by Gasteiger charge is -2.25.